The van der Waals surface area contributed by atoms with E-state index in [1.165, 1.54) is 16.7 Å². The third-order valence-electron chi connectivity index (χ3n) is 4.81. The number of carbonyl (C=O) groups is 1. The Hall–Kier alpha value is -2.52. The van der Waals surface area contributed by atoms with Gasteiger partial charge in [-0.15, -0.1) is 0 Å². The fourth-order valence-electron chi connectivity index (χ4n) is 3.44. The van der Waals surface area contributed by atoms with Crippen molar-refractivity contribution in [3.05, 3.63) is 40.6 Å². The number of amides is 1. The number of aromatic nitrogens is 2. The fraction of sp³-hybridized carbons (Fsp3) is 0.550. The summed E-state index contributed by atoms with van der Waals surface area (Å²) < 4.78 is 20.3. The number of nitrogens with zero attached hydrogens (tertiary/aromatic N) is 3. The zero-order valence-corrected chi connectivity index (χ0v) is 16.9. The average Bonchev–Trinajstić information content (AvgIpc) is 2.61. The van der Waals surface area contributed by atoms with Crippen LogP contribution in [0.3, 0.4) is 0 Å². The maximum absolute atomic E-state index is 13.6. The van der Waals surface area contributed by atoms with E-state index in [-0.39, 0.29) is 11.6 Å². The van der Waals surface area contributed by atoms with E-state index in [0.717, 1.165) is 6.20 Å². The van der Waals surface area contributed by atoms with Crippen LogP contribution in [0.25, 0.3) is 11.0 Å². The number of piperidine rings is 1. The van der Waals surface area contributed by atoms with Crippen LogP contribution in [0, 0.1) is 5.82 Å². The molecule has 1 fully saturated rings. The lowest BCUT2D eigenvalue weighted by atomic mass is 10.0. The molecule has 1 amide bonds. The van der Waals surface area contributed by atoms with E-state index in [2.05, 4.69) is 10.3 Å². The molecule has 0 radical (unpaired) electrons. The van der Waals surface area contributed by atoms with Gasteiger partial charge in [0.15, 0.2) is 0 Å². The van der Waals surface area contributed by atoms with Gasteiger partial charge in [0.05, 0.1) is 29.4 Å². The number of halogens is 1. The number of pyridine rings is 2. The van der Waals surface area contributed by atoms with E-state index < -0.39 is 23.6 Å². The Kier molecular flexibility index (Phi) is 6.18. The molecular formula is C20H27FN4O4. The third-order valence-corrected chi connectivity index (χ3v) is 4.81. The highest BCUT2D eigenvalue weighted by atomic mass is 19.1. The molecule has 29 heavy (non-hydrogen) atoms. The second kappa shape index (κ2) is 8.46. The van der Waals surface area contributed by atoms with Gasteiger partial charge in [0, 0.05) is 38.3 Å². The Morgan fingerprint density at radius 1 is 1.38 bits per heavy atom. The molecular weight excluding hydrogens is 379 g/mol. The maximum atomic E-state index is 13.6. The lowest BCUT2D eigenvalue weighted by molar-refractivity contribution is 0.0194. The summed E-state index contributed by atoms with van der Waals surface area (Å²) in [6.07, 6.45) is 0.378. The van der Waals surface area contributed by atoms with Crippen LogP contribution < -0.4 is 10.9 Å². The zero-order chi connectivity index (χ0) is 21.2. The molecule has 0 aromatic carbocycles. The van der Waals surface area contributed by atoms with Crippen LogP contribution in [0.5, 0.6) is 0 Å². The van der Waals surface area contributed by atoms with Gasteiger partial charge in [-0.05, 0) is 33.3 Å². The van der Waals surface area contributed by atoms with Crippen molar-refractivity contribution < 1.29 is 19.0 Å². The van der Waals surface area contributed by atoms with Crippen molar-refractivity contribution >= 4 is 17.1 Å². The van der Waals surface area contributed by atoms with Gasteiger partial charge in [0.25, 0.3) is 5.56 Å². The molecule has 2 N–H and O–H groups in total. The van der Waals surface area contributed by atoms with Crippen LogP contribution in [0.15, 0.2) is 29.2 Å². The summed E-state index contributed by atoms with van der Waals surface area (Å²) in [6.45, 7) is 7.19. The van der Waals surface area contributed by atoms with Crippen LogP contribution >= 0.6 is 0 Å². The summed E-state index contributed by atoms with van der Waals surface area (Å²) >= 11 is 0. The van der Waals surface area contributed by atoms with Gasteiger partial charge in [-0.3, -0.25) is 14.7 Å². The number of alkyl carbamates (subject to hydrolysis) is 1. The van der Waals surface area contributed by atoms with Crippen LogP contribution in [0.2, 0.25) is 0 Å². The first-order chi connectivity index (χ1) is 13.6. The first-order valence-electron chi connectivity index (χ1n) is 9.67. The summed E-state index contributed by atoms with van der Waals surface area (Å²) in [6, 6.07) is 3.90. The predicted octanol–water partition coefficient (Wildman–Crippen LogP) is 1.50. The highest BCUT2D eigenvalue weighted by Gasteiger charge is 2.30. The maximum Gasteiger partial charge on any atom is 0.407 e. The summed E-state index contributed by atoms with van der Waals surface area (Å²) in [5, 5.41) is 13.1. The van der Waals surface area contributed by atoms with Gasteiger partial charge in [-0.25, -0.2) is 9.18 Å². The van der Waals surface area contributed by atoms with Gasteiger partial charge in [0.1, 0.15) is 11.4 Å². The summed E-state index contributed by atoms with van der Waals surface area (Å²) in [5.41, 5.74) is 0.160. The van der Waals surface area contributed by atoms with E-state index in [1.807, 2.05) is 4.90 Å². The number of hydrogen-bond acceptors (Lipinski definition) is 6. The van der Waals surface area contributed by atoms with Crippen molar-refractivity contribution in [1.82, 2.24) is 19.8 Å². The minimum atomic E-state index is -0.750. The summed E-state index contributed by atoms with van der Waals surface area (Å²) in [5.74, 6) is -0.499. The minimum Gasteiger partial charge on any atom is -0.444 e. The lowest BCUT2D eigenvalue weighted by Crippen LogP contribution is -2.55. The first-order valence-corrected chi connectivity index (χ1v) is 9.67. The highest BCUT2D eigenvalue weighted by molar-refractivity contribution is 5.74. The number of likely N-dealkylation sites (tertiary alicyclic amines) is 1. The van der Waals surface area contributed by atoms with E-state index in [0.29, 0.717) is 43.6 Å². The largest absolute Gasteiger partial charge is 0.444 e. The molecule has 3 heterocycles. The number of carbonyl (C=O) groups excluding carboxylic acids is 1. The molecule has 0 bridgehead atoms. The number of β-amino-alcohol motifs (C(OH)–C–C–N with tert-alkyl or cyclic N) is 1. The van der Waals surface area contributed by atoms with Gasteiger partial charge in [0.2, 0.25) is 0 Å². The molecule has 0 spiro atoms. The standard InChI is InChI=1S/C20H27FN4O4/c1-20(2,3)29-19(28)23-15-6-7-24(12-17(15)26)8-9-25-16-10-13(21)11-22-14(16)4-5-18(25)27/h4-5,10-11,15,17,26H,6-9,12H2,1-3H3,(H,23,28)/t15?,17-/m1/s1. The molecule has 0 aliphatic carbocycles. The second-order valence-electron chi connectivity index (χ2n) is 8.29. The van der Waals surface area contributed by atoms with Crippen LogP contribution in [-0.4, -0.2) is 63.0 Å². The number of ether oxygens (including phenoxy) is 1. The van der Waals surface area contributed by atoms with Gasteiger partial charge >= 0.3 is 6.09 Å². The molecule has 1 saturated heterocycles. The number of fused-ring (bicyclic) bond motifs is 1. The van der Waals surface area contributed by atoms with Gasteiger partial charge in [-0.2, -0.15) is 0 Å². The average molecular weight is 406 g/mol. The SMILES string of the molecule is CC(C)(C)OC(=O)NC1CCN(CCn2c(=O)ccc3ncc(F)cc32)C[C@H]1O. The molecule has 0 saturated carbocycles. The Balaban J connectivity index is 1.59. The van der Waals surface area contributed by atoms with Crippen molar-refractivity contribution in [2.24, 2.45) is 0 Å². The molecule has 8 nitrogen and oxygen atoms in total. The topological polar surface area (TPSA) is 96.7 Å². The monoisotopic (exact) mass is 406 g/mol. The molecule has 2 aromatic heterocycles. The number of nitrogens with one attached hydrogen (secondary N) is 1. The molecule has 3 rings (SSSR count). The second-order valence-corrected chi connectivity index (χ2v) is 8.29. The van der Waals surface area contributed by atoms with Gasteiger partial charge < -0.3 is 19.7 Å². The van der Waals surface area contributed by atoms with Gasteiger partial charge in [-0.1, -0.05) is 0 Å². The van der Waals surface area contributed by atoms with Crippen molar-refractivity contribution in [3.63, 3.8) is 0 Å². The van der Waals surface area contributed by atoms with Crippen LogP contribution in [0.1, 0.15) is 27.2 Å². The smallest absolute Gasteiger partial charge is 0.407 e. The van der Waals surface area contributed by atoms with Crippen molar-refractivity contribution in [2.75, 3.05) is 19.6 Å². The minimum absolute atomic E-state index is 0.230. The predicted molar refractivity (Wildman–Crippen MR) is 106 cm³/mol. The Morgan fingerprint density at radius 2 is 2.14 bits per heavy atom. The molecule has 9 heteroatoms. The number of aliphatic hydroxyl groups is 1. The third kappa shape index (κ3) is 5.51. The highest BCUT2D eigenvalue weighted by Crippen LogP contribution is 2.15. The zero-order valence-electron chi connectivity index (χ0n) is 16.9. The van der Waals surface area contributed by atoms with E-state index in [4.69, 9.17) is 4.74 Å². The van der Waals surface area contributed by atoms with Crippen LogP contribution in [-0.2, 0) is 11.3 Å². The fourth-order valence-corrected chi connectivity index (χ4v) is 3.44. The summed E-state index contributed by atoms with van der Waals surface area (Å²) in [7, 11) is 0. The van der Waals surface area contributed by atoms with E-state index in [9.17, 15) is 19.1 Å². The summed E-state index contributed by atoms with van der Waals surface area (Å²) in [4.78, 5) is 30.2. The quantitative estimate of drug-likeness (QED) is 0.799. The Bertz CT molecular complexity index is 940. The van der Waals surface area contributed by atoms with Crippen molar-refractivity contribution in [1.29, 1.82) is 0 Å². The van der Waals surface area contributed by atoms with Crippen molar-refractivity contribution in [3.8, 4) is 0 Å². The Morgan fingerprint density at radius 3 is 2.83 bits per heavy atom. The molecule has 1 aliphatic rings. The lowest BCUT2D eigenvalue weighted by Gasteiger charge is -2.36. The number of aliphatic hydroxyl groups excluding tert-OH is 1. The Labute approximate surface area is 168 Å². The molecule has 1 unspecified atom stereocenters. The normalized spacial score (nSPS) is 20.6. The van der Waals surface area contributed by atoms with Crippen molar-refractivity contribution in [2.45, 2.75) is 51.5 Å². The van der Waals surface area contributed by atoms with E-state index in [1.54, 1.807) is 26.8 Å². The molecule has 2 aromatic rings. The molecule has 1 aliphatic heterocycles. The number of rotatable bonds is 4. The molecule has 158 valence electrons. The first kappa shape index (κ1) is 21.2. The molecule has 2 atom stereocenters. The van der Waals surface area contributed by atoms with E-state index >= 15 is 0 Å². The number of hydrogen-bond donors (Lipinski definition) is 2. The van der Waals surface area contributed by atoms with Crippen LogP contribution in [0.4, 0.5) is 9.18 Å².